The van der Waals surface area contributed by atoms with E-state index in [-0.39, 0.29) is 44.1 Å². The first kappa shape index (κ1) is 36.8. The van der Waals surface area contributed by atoms with Crippen LogP contribution in [0.15, 0.2) is 76.7 Å². The van der Waals surface area contributed by atoms with E-state index in [1.165, 1.54) is 21.6 Å². The Labute approximate surface area is 292 Å². The molecule has 4 rings (SSSR count). The number of terminal acetylenes is 1. The summed E-state index contributed by atoms with van der Waals surface area (Å²) in [4.78, 5) is 63.7. The Morgan fingerprint density at radius 2 is 1.92 bits per heavy atom. The van der Waals surface area contributed by atoms with Crippen molar-refractivity contribution in [3.63, 3.8) is 0 Å². The minimum atomic E-state index is -1.04. The van der Waals surface area contributed by atoms with Crippen LogP contribution in [0.1, 0.15) is 48.5 Å². The minimum Gasteiger partial charge on any atom is -0.465 e. The van der Waals surface area contributed by atoms with Gasteiger partial charge in [-0.05, 0) is 77.7 Å². The number of hydrogen-bond acceptors (Lipinski definition) is 12. The number of esters is 2. The number of pyridine rings is 1. The maximum Gasteiger partial charge on any atom is 0.328 e. The molecule has 0 spiro atoms. The number of rotatable bonds is 18. The molecule has 0 radical (unpaired) electrons. The summed E-state index contributed by atoms with van der Waals surface area (Å²) in [5, 5.41) is 3.99. The highest BCUT2D eigenvalue weighted by atomic mass is 33.1. The van der Waals surface area contributed by atoms with Gasteiger partial charge in [0.15, 0.2) is 0 Å². The number of benzene rings is 2. The van der Waals surface area contributed by atoms with Gasteiger partial charge in [-0.3, -0.25) is 19.4 Å². The van der Waals surface area contributed by atoms with E-state index in [4.69, 9.17) is 21.6 Å². The second-order valence-electron chi connectivity index (χ2n) is 10.8. The number of unbranched alkanes of at least 4 members (excludes halogenated alkanes) is 1. The molecule has 2 heterocycles. The Hall–Kier alpha value is -5.00. The van der Waals surface area contributed by atoms with Gasteiger partial charge in [0.2, 0.25) is 5.95 Å². The van der Waals surface area contributed by atoms with Crippen LogP contribution in [0.3, 0.4) is 0 Å². The second-order valence-corrected chi connectivity index (χ2v) is 13.2. The maximum absolute atomic E-state index is 13.2. The Balaban J connectivity index is 1.34. The molecule has 2 aromatic carbocycles. The van der Waals surface area contributed by atoms with Gasteiger partial charge in [-0.15, -0.1) is 6.42 Å². The van der Waals surface area contributed by atoms with Crippen LogP contribution >= 0.6 is 21.6 Å². The largest absolute Gasteiger partial charge is 0.465 e. The van der Waals surface area contributed by atoms with E-state index in [2.05, 4.69) is 26.2 Å². The van der Waals surface area contributed by atoms with Gasteiger partial charge < -0.3 is 25.4 Å². The van der Waals surface area contributed by atoms with Gasteiger partial charge >= 0.3 is 11.9 Å². The molecule has 1 atom stereocenters. The van der Waals surface area contributed by atoms with Crippen molar-refractivity contribution in [3.05, 3.63) is 88.3 Å². The van der Waals surface area contributed by atoms with Crippen molar-refractivity contribution in [3.8, 4) is 12.3 Å². The zero-order valence-electron chi connectivity index (χ0n) is 27.1. The first-order valence-electron chi connectivity index (χ1n) is 15.7. The van der Waals surface area contributed by atoms with Crippen molar-refractivity contribution in [2.45, 2.75) is 50.2 Å². The highest BCUT2D eigenvalue weighted by Gasteiger charge is 2.24. The Bertz CT molecular complexity index is 1810. The van der Waals surface area contributed by atoms with Crippen LogP contribution in [0.5, 0.6) is 0 Å². The maximum atomic E-state index is 13.2. The molecule has 0 aliphatic carbocycles. The summed E-state index contributed by atoms with van der Waals surface area (Å²) in [5.41, 5.74) is 7.68. The molecule has 1 unspecified atom stereocenters. The van der Waals surface area contributed by atoms with Gasteiger partial charge in [0.05, 0.1) is 24.1 Å². The van der Waals surface area contributed by atoms with Crippen molar-refractivity contribution >= 4 is 62.0 Å². The molecule has 0 saturated heterocycles. The Kier molecular flexibility index (Phi) is 14.4. The zero-order chi connectivity index (χ0) is 35.0. The third kappa shape index (κ3) is 11.6. The molecule has 2 aromatic heterocycles. The molecule has 4 aromatic rings. The number of anilines is 2. The summed E-state index contributed by atoms with van der Waals surface area (Å²) >= 11 is 0. The molecule has 0 bridgehead atoms. The first-order valence-corrected chi connectivity index (χ1v) is 18.0. The number of aromatic amines is 1. The summed E-state index contributed by atoms with van der Waals surface area (Å²) < 4.78 is 10.7. The lowest BCUT2D eigenvalue weighted by molar-refractivity contribution is -0.147. The van der Waals surface area contributed by atoms with Crippen molar-refractivity contribution in [1.29, 1.82) is 0 Å². The number of nitrogen functional groups attached to an aromatic ring is 1. The number of nitrogens with two attached hydrogens (primary N) is 1. The van der Waals surface area contributed by atoms with Gasteiger partial charge in [0.1, 0.15) is 17.7 Å². The third-order valence-corrected chi connectivity index (χ3v) is 9.35. The lowest BCUT2D eigenvalue weighted by Gasteiger charge is -2.23. The molecular weight excluding hydrogens is 665 g/mol. The Morgan fingerprint density at radius 3 is 2.65 bits per heavy atom. The van der Waals surface area contributed by atoms with E-state index in [1.54, 1.807) is 42.6 Å². The monoisotopic (exact) mass is 702 g/mol. The van der Waals surface area contributed by atoms with Gasteiger partial charge in [0, 0.05) is 36.2 Å². The summed E-state index contributed by atoms with van der Waals surface area (Å²) in [7, 11) is 3.01. The van der Waals surface area contributed by atoms with E-state index >= 15 is 0 Å². The van der Waals surface area contributed by atoms with Crippen LogP contribution in [0, 0.1) is 12.3 Å². The number of nitrogens with one attached hydrogen (secondary N) is 2. The fourth-order valence-corrected chi connectivity index (χ4v) is 6.33. The van der Waals surface area contributed by atoms with Gasteiger partial charge in [-0.1, -0.05) is 42.2 Å². The normalized spacial score (nSPS) is 11.3. The second kappa shape index (κ2) is 19.1. The van der Waals surface area contributed by atoms with Crippen molar-refractivity contribution < 1.29 is 23.9 Å². The van der Waals surface area contributed by atoms with Gasteiger partial charge in [0.25, 0.3) is 11.5 Å². The van der Waals surface area contributed by atoms with E-state index in [0.717, 1.165) is 22.7 Å². The summed E-state index contributed by atoms with van der Waals surface area (Å²) in [6.07, 6.45) is 8.83. The summed E-state index contributed by atoms with van der Waals surface area (Å²) in [6.45, 7) is 3.05. The van der Waals surface area contributed by atoms with Gasteiger partial charge in [-0.2, -0.15) is 0 Å². The van der Waals surface area contributed by atoms with Crippen LogP contribution in [0.25, 0.3) is 10.9 Å². The molecule has 14 heteroatoms. The van der Waals surface area contributed by atoms with Gasteiger partial charge in [-0.25, -0.2) is 14.8 Å². The molecule has 256 valence electrons. The van der Waals surface area contributed by atoms with Crippen molar-refractivity contribution in [2.75, 3.05) is 36.1 Å². The predicted octanol–water partition coefficient (Wildman–Crippen LogP) is 4.75. The van der Waals surface area contributed by atoms with Crippen molar-refractivity contribution in [2.24, 2.45) is 0 Å². The number of carbonyl (C=O) groups is 3. The molecule has 12 nitrogen and oxygen atoms in total. The van der Waals surface area contributed by atoms with Crippen LogP contribution < -0.4 is 21.5 Å². The number of nitrogens with zero attached hydrogens (tertiary/aromatic N) is 3. The first-order chi connectivity index (χ1) is 23.8. The van der Waals surface area contributed by atoms with E-state index < -0.39 is 23.9 Å². The van der Waals surface area contributed by atoms with E-state index in [1.807, 2.05) is 36.1 Å². The molecule has 0 aliphatic rings. The summed E-state index contributed by atoms with van der Waals surface area (Å²) in [6, 6.07) is 16.7. The summed E-state index contributed by atoms with van der Waals surface area (Å²) in [5.74, 6) is 1.67. The molecule has 4 N–H and O–H groups in total. The van der Waals surface area contributed by atoms with Crippen LogP contribution in [0.2, 0.25) is 0 Å². The average molecular weight is 703 g/mol. The van der Waals surface area contributed by atoms with Crippen LogP contribution in [-0.2, 0) is 25.6 Å². The fraction of sp³-hybridized carbons (Fsp3) is 0.314. The topological polar surface area (TPSA) is 170 Å². The smallest absolute Gasteiger partial charge is 0.328 e. The highest BCUT2D eigenvalue weighted by Crippen LogP contribution is 2.28. The number of fused-ring (bicyclic) bond motifs is 1. The number of ether oxygens (including phenoxy) is 2. The fourth-order valence-electron chi connectivity index (χ4n) is 4.63. The van der Waals surface area contributed by atoms with Crippen LogP contribution in [-0.4, -0.2) is 64.4 Å². The lowest BCUT2D eigenvalue weighted by atomic mass is 10.1. The van der Waals surface area contributed by atoms with E-state index in [9.17, 15) is 19.2 Å². The predicted molar refractivity (Wildman–Crippen MR) is 193 cm³/mol. The quantitative estimate of drug-likeness (QED) is 0.0564. The van der Waals surface area contributed by atoms with E-state index in [0.29, 0.717) is 35.2 Å². The average Bonchev–Trinajstić information content (AvgIpc) is 3.10. The third-order valence-electron chi connectivity index (χ3n) is 7.12. The number of carbonyl (C=O) groups excluding carboxylic acids is 3. The molecular formula is C35H38N6O6S2. The number of amides is 1. The lowest BCUT2D eigenvalue weighted by Crippen LogP contribution is -2.42. The van der Waals surface area contributed by atoms with Crippen molar-refractivity contribution in [1.82, 2.24) is 20.3 Å². The standard InChI is InChI=1S/C35H38N6O6S2/c1-3-5-19-47-34(45)29(15-16-31(42)46-20-21-48-49-30-8-6-7-17-37-30)38-32(43)25-10-12-26(13-11-25)41(18-4-2)23-24-9-14-28-27(22-24)33(44)40-35(36)39-28/h2,6-14,17,22,29H,3,5,15-16,18-21,23H2,1H3,(H,38,43)(H3,36,39,40,44). The molecule has 0 fully saturated rings. The zero-order valence-corrected chi connectivity index (χ0v) is 28.7. The molecule has 0 saturated carbocycles. The Morgan fingerprint density at radius 1 is 1.10 bits per heavy atom. The highest BCUT2D eigenvalue weighted by molar-refractivity contribution is 8.76. The molecule has 1 amide bonds. The SMILES string of the molecule is C#CCN(Cc1ccc2nc(N)[nH]c(=O)c2c1)c1ccc(C(=O)NC(CCC(=O)OCCSSc2ccccn2)C(=O)OCCCC)cc1. The number of hydrogen-bond donors (Lipinski definition) is 3. The number of H-pyrrole nitrogens is 1. The minimum absolute atomic E-state index is 0.0239. The molecule has 49 heavy (non-hydrogen) atoms. The van der Waals surface area contributed by atoms with Crippen LogP contribution in [0.4, 0.5) is 11.6 Å². The number of aromatic nitrogens is 3. The molecule has 0 aliphatic heterocycles.